The van der Waals surface area contributed by atoms with Crippen molar-refractivity contribution in [1.29, 1.82) is 0 Å². The van der Waals surface area contributed by atoms with Crippen molar-refractivity contribution in [3.05, 3.63) is 0 Å². The highest BCUT2D eigenvalue weighted by molar-refractivity contribution is 4.52. The Morgan fingerprint density at radius 1 is 1.08 bits per heavy atom. The lowest BCUT2D eigenvalue weighted by molar-refractivity contribution is 0.391. The molecular formula is C11H26N2. The lowest BCUT2D eigenvalue weighted by Gasteiger charge is -2.09. The number of hydrogen-bond acceptors (Lipinski definition) is 2. The summed E-state index contributed by atoms with van der Waals surface area (Å²) >= 11 is 0. The van der Waals surface area contributed by atoms with Crippen LogP contribution < -0.4 is 5.32 Å². The maximum absolute atomic E-state index is 3.47. The maximum atomic E-state index is 3.47. The van der Waals surface area contributed by atoms with Gasteiger partial charge < -0.3 is 10.2 Å². The van der Waals surface area contributed by atoms with Gasteiger partial charge in [-0.05, 0) is 58.9 Å². The van der Waals surface area contributed by atoms with Crippen molar-refractivity contribution in [3.63, 3.8) is 0 Å². The molecule has 0 spiro atoms. The molecule has 0 heterocycles. The molecule has 0 saturated carbocycles. The van der Waals surface area contributed by atoms with Crippen LogP contribution in [0.5, 0.6) is 0 Å². The van der Waals surface area contributed by atoms with Crippen molar-refractivity contribution < 1.29 is 0 Å². The van der Waals surface area contributed by atoms with Crippen molar-refractivity contribution >= 4 is 0 Å². The summed E-state index contributed by atoms with van der Waals surface area (Å²) in [7, 11) is 4.26. The Labute approximate surface area is 83.7 Å². The van der Waals surface area contributed by atoms with Gasteiger partial charge in [0, 0.05) is 0 Å². The zero-order valence-corrected chi connectivity index (χ0v) is 9.77. The highest BCUT2D eigenvalue weighted by atomic mass is 15.0. The molecule has 80 valence electrons. The standard InChI is InChI=1S/C11H26N2/c1-11(2)7-9-12-8-5-6-10-13(3)4/h11-12H,5-10H2,1-4H3. The van der Waals surface area contributed by atoms with E-state index in [1.807, 2.05) is 0 Å². The van der Waals surface area contributed by atoms with E-state index in [2.05, 4.69) is 38.2 Å². The van der Waals surface area contributed by atoms with Gasteiger partial charge in [-0.1, -0.05) is 13.8 Å². The summed E-state index contributed by atoms with van der Waals surface area (Å²) in [5, 5.41) is 3.47. The number of unbranched alkanes of at least 4 members (excludes halogenated alkanes) is 1. The summed E-state index contributed by atoms with van der Waals surface area (Å²) in [5.41, 5.74) is 0. The zero-order valence-electron chi connectivity index (χ0n) is 9.77. The first-order valence-electron chi connectivity index (χ1n) is 5.48. The molecule has 0 aromatic rings. The molecule has 0 bridgehead atoms. The Bertz CT molecular complexity index is 88.3. The van der Waals surface area contributed by atoms with Crippen LogP contribution in [0.15, 0.2) is 0 Å². The third-order valence-corrected chi connectivity index (χ3v) is 2.11. The molecule has 0 amide bonds. The third kappa shape index (κ3) is 11.9. The Balaban J connectivity index is 2.92. The zero-order chi connectivity index (χ0) is 10.1. The summed E-state index contributed by atoms with van der Waals surface area (Å²) in [6, 6.07) is 0. The second kappa shape index (κ2) is 8.52. The molecule has 0 saturated heterocycles. The Kier molecular flexibility index (Phi) is 8.46. The first kappa shape index (κ1) is 12.9. The van der Waals surface area contributed by atoms with Crippen molar-refractivity contribution in [2.75, 3.05) is 33.7 Å². The van der Waals surface area contributed by atoms with Gasteiger partial charge in [0.15, 0.2) is 0 Å². The summed E-state index contributed by atoms with van der Waals surface area (Å²) in [4.78, 5) is 2.24. The van der Waals surface area contributed by atoms with Crippen LogP contribution in [-0.4, -0.2) is 38.6 Å². The Hall–Kier alpha value is -0.0800. The third-order valence-electron chi connectivity index (χ3n) is 2.11. The highest BCUT2D eigenvalue weighted by Gasteiger charge is 1.93. The SMILES string of the molecule is CC(C)CCNCCCCN(C)C. The highest BCUT2D eigenvalue weighted by Crippen LogP contribution is 1.96. The van der Waals surface area contributed by atoms with E-state index in [4.69, 9.17) is 0 Å². The fraction of sp³-hybridized carbons (Fsp3) is 1.00. The predicted molar refractivity (Wildman–Crippen MR) is 60.1 cm³/mol. The van der Waals surface area contributed by atoms with Crippen LogP contribution in [0.3, 0.4) is 0 Å². The van der Waals surface area contributed by atoms with E-state index in [1.54, 1.807) is 0 Å². The minimum atomic E-state index is 0.828. The van der Waals surface area contributed by atoms with Gasteiger partial charge in [0.05, 0.1) is 0 Å². The lowest BCUT2D eigenvalue weighted by atomic mass is 10.1. The quantitative estimate of drug-likeness (QED) is 0.583. The van der Waals surface area contributed by atoms with Crippen molar-refractivity contribution in [2.45, 2.75) is 33.1 Å². The van der Waals surface area contributed by atoms with Gasteiger partial charge in [-0.25, -0.2) is 0 Å². The van der Waals surface area contributed by atoms with Crippen molar-refractivity contribution in [2.24, 2.45) is 5.92 Å². The van der Waals surface area contributed by atoms with Gasteiger partial charge in [0.25, 0.3) is 0 Å². The lowest BCUT2D eigenvalue weighted by Crippen LogP contribution is -2.20. The molecule has 13 heavy (non-hydrogen) atoms. The van der Waals surface area contributed by atoms with Gasteiger partial charge >= 0.3 is 0 Å². The van der Waals surface area contributed by atoms with E-state index in [0.29, 0.717) is 0 Å². The monoisotopic (exact) mass is 186 g/mol. The van der Waals surface area contributed by atoms with Gasteiger partial charge in [-0.2, -0.15) is 0 Å². The molecule has 0 unspecified atom stereocenters. The van der Waals surface area contributed by atoms with Gasteiger partial charge in [-0.3, -0.25) is 0 Å². The first-order valence-corrected chi connectivity index (χ1v) is 5.48. The number of rotatable bonds is 8. The molecule has 2 heteroatoms. The largest absolute Gasteiger partial charge is 0.317 e. The van der Waals surface area contributed by atoms with E-state index >= 15 is 0 Å². The molecule has 1 N–H and O–H groups in total. The summed E-state index contributed by atoms with van der Waals surface area (Å²) in [6.45, 7) is 8.12. The van der Waals surface area contributed by atoms with Crippen LogP contribution in [0, 0.1) is 5.92 Å². The second-order valence-corrected chi connectivity index (χ2v) is 4.44. The summed E-state index contributed by atoms with van der Waals surface area (Å²) < 4.78 is 0. The molecule has 0 aromatic carbocycles. The predicted octanol–water partition coefficient (Wildman–Crippen LogP) is 1.96. The van der Waals surface area contributed by atoms with E-state index in [9.17, 15) is 0 Å². The number of nitrogens with one attached hydrogen (secondary N) is 1. The minimum absolute atomic E-state index is 0.828. The molecule has 0 atom stereocenters. The molecule has 0 radical (unpaired) electrons. The summed E-state index contributed by atoms with van der Waals surface area (Å²) in [5.74, 6) is 0.828. The topological polar surface area (TPSA) is 15.3 Å². The van der Waals surface area contributed by atoms with Crippen LogP contribution in [0.4, 0.5) is 0 Å². The molecule has 0 aromatic heterocycles. The summed E-state index contributed by atoms with van der Waals surface area (Å²) in [6.07, 6.45) is 3.91. The maximum Gasteiger partial charge on any atom is -0.00244 e. The molecule has 2 nitrogen and oxygen atoms in total. The van der Waals surface area contributed by atoms with Crippen molar-refractivity contribution in [1.82, 2.24) is 10.2 Å². The molecule has 0 aliphatic rings. The fourth-order valence-electron chi connectivity index (χ4n) is 1.19. The number of nitrogens with zero attached hydrogens (tertiary/aromatic N) is 1. The van der Waals surface area contributed by atoms with Crippen molar-refractivity contribution in [3.8, 4) is 0 Å². The fourth-order valence-corrected chi connectivity index (χ4v) is 1.19. The first-order chi connectivity index (χ1) is 6.13. The molecule has 0 rings (SSSR count). The van der Waals surface area contributed by atoms with E-state index in [1.165, 1.54) is 38.9 Å². The van der Waals surface area contributed by atoms with E-state index < -0.39 is 0 Å². The normalized spacial score (nSPS) is 11.5. The van der Waals surface area contributed by atoms with Gasteiger partial charge in [-0.15, -0.1) is 0 Å². The molecule has 0 fully saturated rings. The van der Waals surface area contributed by atoms with Gasteiger partial charge in [0.1, 0.15) is 0 Å². The van der Waals surface area contributed by atoms with Crippen LogP contribution in [0.25, 0.3) is 0 Å². The van der Waals surface area contributed by atoms with E-state index in [-0.39, 0.29) is 0 Å². The van der Waals surface area contributed by atoms with Gasteiger partial charge in [0.2, 0.25) is 0 Å². The van der Waals surface area contributed by atoms with Crippen LogP contribution >= 0.6 is 0 Å². The van der Waals surface area contributed by atoms with Crippen LogP contribution in [0.1, 0.15) is 33.1 Å². The molecule has 0 aliphatic carbocycles. The number of hydrogen-bond donors (Lipinski definition) is 1. The Morgan fingerprint density at radius 2 is 1.77 bits per heavy atom. The average molecular weight is 186 g/mol. The average Bonchev–Trinajstić information content (AvgIpc) is 2.01. The molecule has 0 aliphatic heterocycles. The van der Waals surface area contributed by atoms with Crippen LogP contribution in [-0.2, 0) is 0 Å². The molecular weight excluding hydrogens is 160 g/mol. The smallest absolute Gasteiger partial charge is 0.00244 e. The van der Waals surface area contributed by atoms with E-state index in [0.717, 1.165) is 5.92 Å². The second-order valence-electron chi connectivity index (χ2n) is 4.44. The van der Waals surface area contributed by atoms with Crippen LogP contribution in [0.2, 0.25) is 0 Å². The Morgan fingerprint density at radius 3 is 2.31 bits per heavy atom. The minimum Gasteiger partial charge on any atom is -0.317 e.